The van der Waals surface area contributed by atoms with Crippen LogP contribution in [0.1, 0.15) is 43.4 Å². The van der Waals surface area contributed by atoms with E-state index in [9.17, 15) is 0 Å². The van der Waals surface area contributed by atoms with Gasteiger partial charge in [0.1, 0.15) is 0 Å². The maximum atomic E-state index is 5.66. The number of hydrogen-bond donors (Lipinski definition) is 2. The van der Waals surface area contributed by atoms with Crippen LogP contribution in [0.5, 0.6) is 0 Å². The highest BCUT2D eigenvalue weighted by molar-refractivity contribution is 9.10. The van der Waals surface area contributed by atoms with E-state index in [4.69, 9.17) is 5.84 Å². The van der Waals surface area contributed by atoms with Crippen LogP contribution in [0.2, 0.25) is 0 Å². The van der Waals surface area contributed by atoms with Crippen molar-refractivity contribution in [1.82, 2.24) is 5.43 Å². The summed E-state index contributed by atoms with van der Waals surface area (Å²) in [7, 11) is 0. The highest BCUT2D eigenvalue weighted by Crippen LogP contribution is 2.30. The van der Waals surface area contributed by atoms with Gasteiger partial charge in [-0.15, -0.1) is 11.3 Å². The van der Waals surface area contributed by atoms with Crippen molar-refractivity contribution < 1.29 is 0 Å². The van der Waals surface area contributed by atoms with E-state index in [0.29, 0.717) is 6.04 Å². The fourth-order valence-corrected chi connectivity index (χ4v) is 4.27. The van der Waals surface area contributed by atoms with Gasteiger partial charge in [-0.25, -0.2) is 0 Å². The average Bonchev–Trinajstić information content (AvgIpc) is 2.96. The van der Waals surface area contributed by atoms with Crippen LogP contribution in [0, 0.1) is 5.92 Å². The van der Waals surface area contributed by atoms with Gasteiger partial charge in [-0.3, -0.25) is 11.3 Å². The van der Waals surface area contributed by atoms with Gasteiger partial charge in [0, 0.05) is 15.4 Å². The molecule has 1 heterocycles. The van der Waals surface area contributed by atoms with Crippen molar-refractivity contribution in [2.45, 2.75) is 51.0 Å². The first-order chi connectivity index (χ1) is 8.29. The quantitative estimate of drug-likeness (QED) is 0.618. The predicted molar refractivity (Wildman–Crippen MR) is 78.0 cm³/mol. The minimum Gasteiger partial charge on any atom is -0.271 e. The molecule has 0 amide bonds. The second-order valence-electron chi connectivity index (χ2n) is 4.99. The van der Waals surface area contributed by atoms with E-state index in [2.05, 4.69) is 32.8 Å². The molecule has 1 aliphatic rings. The van der Waals surface area contributed by atoms with Gasteiger partial charge in [-0.1, -0.05) is 25.7 Å². The second-order valence-corrected chi connectivity index (χ2v) is 6.84. The van der Waals surface area contributed by atoms with Gasteiger partial charge in [-0.2, -0.15) is 0 Å². The lowest BCUT2D eigenvalue weighted by atomic mass is 9.97. The first-order valence-electron chi connectivity index (χ1n) is 6.47. The molecule has 1 saturated carbocycles. The summed E-state index contributed by atoms with van der Waals surface area (Å²) < 4.78 is 1.23. The van der Waals surface area contributed by atoms with Crippen LogP contribution in [-0.4, -0.2) is 6.04 Å². The number of thiophene rings is 1. The molecule has 1 aromatic rings. The Bertz CT molecular complexity index is 334. The smallest absolute Gasteiger partial charge is 0.0314 e. The molecule has 1 atom stereocenters. The zero-order chi connectivity index (χ0) is 12.1. The minimum atomic E-state index is 0.422. The first-order valence-corrected chi connectivity index (χ1v) is 8.15. The van der Waals surface area contributed by atoms with E-state index in [1.165, 1.54) is 47.9 Å². The van der Waals surface area contributed by atoms with Gasteiger partial charge in [0.25, 0.3) is 0 Å². The molecule has 4 heteroatoms. The zero-order valence-electron chi connectivity index (χ0n) is 10.1. The van der Waals surface area contributed by atoms with E-state index < -0.39 is 0 Å². The molecule has 3 N–H and O–H groups in total. The number of hydrazine groups is 1. The van der Waals surface area contributed by atoms with Crippen LogP contribution >= 0.6 is 27.3 Å². The number of rotatable bonds is 6. The molecular formula is C13H21BrN2S. The number of nitrogens with two attached hydrogens (primary N) is 1. The predicted octanol–water partition coefficient (Wildman–Crippen LogP) is 3.86. The van der Waals surface area contributed by atoms with Gasteiger partial charge in [0.15, 0.2) is 0 Å². The summed E-state index contributed by atoms with van der Waals surface area (Å²) in [6, 6.07) is 2.54. The van der Waals surface area contributed by atoms with Gasteiger partial charge < -0.3 is 0 Å². The van der Waals surface area contributed by atoms with Crippen LogP contribution < -0.4 is 11.3 Å². The first kappa shape index (κ1) is 13.5. The summed E-state index contributed by atoms with van der Waals surface area (Å²) in [4.78, 5) is 1.40. The van der Waals surface area contributed by atoms with E-state index in [0.717, 1.165) is 12.3 Å². The summed E-state index contributed by atoms with van der Waals surface area (Å²) in [5.74, 6) is 6.62. The van der Waals surface area contributed by atoms with Crippen LogP contribution in [0.15, 0.2) is 15.9 Å². The largest absolute Gasteiger partial charge is 0.271 e. The van der Waals surface area contributed by atoms with Crippen molar-refractivity contribution in [2.75, 3.05) is 0 Å². The third kappa shape index (κ3) is 4.05. The van der Waals surface area contributed by atoms with E-state index in [-0.39, 0.29) is 0 Å². The second kappa shape index (κ2) is 6.88. The molecule has 1 aromatic heterocycles. The Morgan fingerprint density at radius 3 is 2.82 bits per heavy atom. The van der Waals surface area contributed by atoms with Crippen molar-refractivity contribution >= 4 is 27.3 Å². The fourth-order valence-electron chi connectivity index (χ4n) is 2.67. The lowest BCUT2D eigenvalue weighted by Crippen LogP contribution is -2.36. The third-order valence-corrected chi connectivity index (χ3v) is 5.71. The number of hydrogen-bond acceptors (Lipinski definition) is 3. The van der Waals surface area contributed by atoms with Crippen molar-refractivity contribution in [3.05, 3.63) is 20.8 Å². The molecule has 17 heavy (non-hydrogen) atoms. The Hall–Kier alpha value is 0.100. The van der Waals surface area contributed by atoms with E-state index >= 15 is 0 Å². The Labute approximate surface area is 116 Å². The van der Waals surface area contributed by atoms with Crippen LogP contribution in [0.4, 0.5) is 0 Å². The molecule has 0 aromatic carbocycles. The fraction of sp³-hybridized carbons (Fsp3) is 0.692. The molecule has 1 unspecified atom stereocenters. The molecule has 0 spiro atoms. The Kier molecular flexibility index (Phi) is 5.48. The minimum absolute atomic E-state index is 0.422. The van der Waals surface area contributed by atoms with Crippen molar-refractivity contribution in [1.29, 1.82) is 0 Å². The van der Waals surface area contributed by atoms with Crippen molar-refractivity contribution in [3.63, 3.8) is 0 Å². The van der Waals surface area contributed by atoms with E-state index in [1.807, 2.05) is 11.3 Å². The molecule has 96 valence electrons. The highest BCUT2D eigenvalue weighted by atomic mass is 79.9. The summed E-state index contributed by atoms with van der Waals surface area (Å²) in [6.45, 7) is 0. The molecule has 2 rings (SSSR count). The SMILES string of the molecule is NNC(CCC1CCCC1)Cc1sccc1Br. The molecule has 0 saturated heterocycles. The lowest BCUT2D eigenvalue weighted by Gasteiger charge is -2.17. The van der Waals surface area contributed by atoms with Crippen LogP contribution in [0.3, 0.4) is 0 Å². The monoisotopic (exact) mass is 316 g/mol. The lowest BCUT2D eigenvalue weighted by molar-refractivity contribution is 0.408. The molecule has 0 radical (unpaired) electrons. The molecule has 1 aliphatic carbocycles. The van der Waals surface area contributed by atoms with Crippen LogP contribution in [0.25, 0.3) is 0 Å². The highest BCUT2D eigenvalue weighted by Gasteiger charge is 2.17. The normalized spacial score (nSPS) is 18.7. The number of halogens is 1. The maximum absolute atomic E-state index is 5.66. The standard InChI is InChI=1S/C13H21BrN2S/c14-12-7-8-17-13(12)9-11(16-15)6-5-10-3-1-2-4-10/h7-8,10-11,16H,1-6,9,15H2. The average molecular weight is 317 g/mol. The molecule has 0 aliphatic heterocycles. The van der Waals surface area contributed by atoms with Crippen molar-refractivity contribution in [2.24, 2.45) is 11.8 Å². The molecule has 0 bridgehead atoms. The van der Waals surface area contributed by atoms with Gasteiger partial charge in [0.05, 0.1) is 0 Å². The van der Waals surface area contributed by atoms with Gasteiger partial charge >= 0.3 is 0 Å². The Morgan fingerprint density at radius 2 is 2.24 bits per heavy atom. The Morgan fingerprint density at radius 1 is 1.47 bits per heavy atom. The van der Waals surface area contributed by atoms with E-state index in [1.54, 1.807) is 0 Å². The van der Waals surface area contributed by atoms with Gasteiger partial charge in [-0.05, 0) is 52.6 Å². The number of nitrogens with one attached hydrogen (secondary N) is 1. The molecule has 2 nitrogen and oxygen atoms in total. The topological polar surface area (TPSA) is 38.0 Å². The summed E-state index contributed by atoms with van der Waals surface area (Å²) in [5.41, 5.74) is 2.98. The summed E-state index contributed by atoms with van der Waals surface area (Å²) in [6.07, 6.45) is 9.30. The summed E-state index contributed by atoms with van der Waals surface area (Å²) in [5, 5.41) is 2.13. The Balaban J connectivity index is 1.78. The van der Waals surface area contributed by atoms with Crippen LogP contribution in [-0.2, 0) is 6.42 Å². The van der Waals surface area contributed by atoms with Gasteiger partial charge in [0.2, 0.25) is 0 Å². The molecule has 1 fully saturated rings. The summed E-state index contributed by atoms with van der Waals surface area (Å²) >= 11 is 5.39. The molecular weight excluding hydrogens is 296 g/mol. The maximum Gasteiger partial charge on any atom is 0.0314 e. The van der Waals surface area contributed by atoms with Crippen molar-refractivity contribution in [3.8, 4) is 0 Å². The zero-order valence-corrected chi connectivity index (χ0v) is 12.5. The third-order valence-electron chi connectivity index (χ3n) is 3.76.